The van der Waals surface area contributed by atoms with Gasteiger partial charge in [-0.2, -0.15) is 0 Å². The number of nitro benzene ring substituents is 2. The second-order valence-corrected chi connectivity index (χ2v) is 10.5. The molecule has 0 aliphatic rings. The second kappa shape index (κ2) is 12.4. The van der Waals surface area contributed by atoms with Gasteiger partial charge in [-0.05, 0) is 12.0 Å². The van der Waals surface area contributed by atoms with Gasteiger partial charge in [0.15, 0.2) is 5.13 Å². The molecule has 0 aliphatic carbocycles. The van der Waals surface area contributed by atoms with Gasteiger partial charge in [-0.15, -0.1) is 16.4 Å². The summed E-state index contributed by atoms with van der Waals surface area (Å²) >= 11 is 2.26. The zero-order chi connectivity index (χ0) is 28.8. The van der Waals surface area contributed by atoms with Crippen molar-refractivity contribution in [3.05, 3.63) is 85.5 Å². The lowest BCUT2D eigenvalue weighted by molar-refractivity contribution is -0.385. The van der Waals surface area contributed by atoms with Gasteiger partial charge in [0.05, 0.1) is 27.3 Å². The van der Waals surface area contributed by atoms with Crippen LogP contribution in [0.15, 0.2) is 59.1 Å². The number of non-ortho nitro benzene ring substituents is 2. The first-order valence-corrected chi connectivity index (χ1v) is 13.6. The highest BCUT2D eigenvalue weighted by Crippen LogP contribution is 2.28. The summed E-state index contributed by atoms with van der Waals surface area (Å²) in [5.41, 5.74) is 0.958. The number of rotatable bonds is 11. The number of aromatic nitrogens is 4. The molecule has 1 atom stereocenters. The summed E-state index contributed by atoms with van der Waals surface area (Å²) in [4.78, 5) is 54.9. The van der Waals surface area contributed by atoms with E-state index in [4.69, 9.17) is 0 Å². The van der Waals surface area contributed by atoms with Gasteiger partial charge in [-0.3, -0.25) is 34.9 Å². The molecule has 2 heterocycles. The van der Waals surface area contributed by atoms with Crippen molar-refractivity contribution in [2.75, 3.05) is 11.1 Å². The van der Waals surface area contributed by atoms with Crippen LogP contribution in [-0.4, -0.2) is 47.6 Å². The molecule has 0 fully saturated rings. The van der Waals surface area contributed by atoms with Gasteiger partial charge in [0.25, 0.3) is 17.3 Å². The number of nitrogens with one attached hydrogen (secondary N) is 3. The second-order valence-electron chi connectivity index (χ2n) is 8.69. The van der Waals surface area contributed by atoms with Gasteiger partial charge in [-0.1, -0.05) is 43.8 Å². The molecular formula is C24H22N8O6S2. The number of hydrogen-bond donors (Lipinski definition) is 3. The van der Waals surface area contributed by atoms with Crippen molar-refractivity contribution >= 4 is 51.4 Å². The number of benzene rings is 2. The molecule has 2 aromatic carbocycles. The van der Waals surface area contributed by atoms with E-state index in [1.54, 1.807) is 17.5 Å². The highest BCUT2D eigenvalue weighted by atomic mass is 32.2. The van der Waals surface area contributed by atoms with E-state index in [1.807, 2.05) is 13.8 Å². The van der Waals surface area contributed by atoms with E-state index in [-0.39, 0.29) is 39.7 Å². The van der Waals surface area contributed by atoms with Gasteiger partial charge >= 0.3 is 0 Å². The monoisotopic (exact) mass is 582 g/mol. The molecule has 4 aromatic rings. The van der Waals surface area contributed by atoms with Gasteiger partial charge in [0, 0.05) is 40.8 Å². The summed E-state index contributed by atoms with van der Waals surface area (Å²) in [7, 11) is 0. The Morgan fingerprint density at radius 1 is 1.05 bits per heavy atom. The summed E-state index contributed by atoms with van der Waals surface area (Å²) in [6.45, 7) is 3.74. The van der Waals surface area contributed by atoms with E-state index in [2.05, 4.69) is 30.8 Å². The van der Waals surface area contributed by atoms with Crippen molar-refractivity contribution in [2.24, 2.45) is 5.92 Å². The Bertz CT molecular complexity index is 1570. The van der Waals surface area contributed by atoms with Gasteiger partial charge in [0.2, 0.25) is 11.1 Å². The molecular weight excluding hydrogens is 560 g/mol. The predicted octanol–water partition coefficient (Wildman–Crippen LogP) is 4.60. The van der Waals surface area contributed by atoms with E-state index in [0.29, 0.717) is 22.2 Å². The first-order valence-electron chi connectivity index (χ1n) is 11.7. The zero-order valence-electron chi connectivity index (χ0n) is 21.1. The normalized spacial score (nSPS) is 11.7. The van der Waals surface area contributed by atoms with Crippen LogP contribution in [0.2, 0.25) is 0 Å². The lowest BCUT2D eigenvalue weighted by Gasteiger charge is -2.19. The van der Waals surface area contributed by atoms with Crippen LogP contribution in [0.5, 0.6) is 0 Å². The number of carbonyl (C=O) groups is 2. The highest BCUT2D eigenvalue weighted by molar-refractivity contribution is 7.99. The van der Waals surface area contributed by atoms with Crippen molar-refractivity contribution in [1.29, 1.82) is 0 Å². The first-order chi connectivity index (χ1) is 19.1. The maximum atomic E-state index is 12.8. The Labute approximate surface area is 234 Å². The number of hydrogen-bond acceptors (Lipinski definition) is 11. The molecule has 3 N–H and O–H groups in total. The molecule has 0 saturated carbocycles. The van der Waals surface area contributed by atoms with Crippen molar-refractivity contribution in [3.63, 3.8) is 0 Å². The first kappa shape index (κ1) is 28.3. The third kappa shape index (κ3) is 7.03. The number of nitro groups is 2. The van der Waals surface area contributed by atoms with Crippen molar-refractivity contribution in [2.45, 2.75) is 25.0 Å². The predicted molar refractivity (Wildman–Crippen MR) is 148 cm³/mol. The number of thiazole rings is 1. The summed E-state index contributed by atoms with van der Waals surface area (Å²) in [5, 5.41) is 36.8. The van der Waals surface area contributed by atoms with E-state index < -0.39 is 21.8 Å². The maximum Gasteiger partial charge on any atom is 0.270 e. The molecule has 14 nitrogen and oxygen atoms in total. The van der Waals surface area contributed by atoms with Gasteiger partial charge < -0.3 is 10.6 Å². The topological polar surface area (TPSA) is 199 Å². The average Bonchev–Trinajstić information content (AvgIpc) is 3.60. The number of thioether (sulfide) groups is 1. The summed E-state index contributed by atoms with van der Waals surface area (Å²) in [5.74, 6) is -0.592. The summed E-state index contributed by atoms with van der Waals surface area (Å²) in [6, 6.07) is 10.9. The van der Waals surface area contributed by atoms with E-state index in [0.717, 1.165) is 11.8 Å². The van der Waals surface area contributed by atoms with Crippen LogP contribution in [0.4, 0.5) is 16.5 Å². The van der Waals surface area contributed by atoms with Gasteiger partial charge in [-0.25, -0.2) is 9.97 Å². The summed E-state index contributed by atoms with van der Waals surface area (Å²) in [6.07, 6.45) is 0. The SMILES string of the molecule is CC(C)[C@H](NC(=O)c1cccc([N+](=O)[O-])c1)c1nc(SCC(=O)Nc2nc(-c3cccc([N+](=O)[O-])c3)cs2)n[nH]1. The van der Waals surface area contributed by atoms with E-state index in [9.17, 15) is 29.8 Å². The minimum Gasteiger partial charge on any atom is -0.342 e. The van der Waals surface area contributed by atoms with E-state index >= 15 is 0 Å². The smallest absolute Gasteiger partial charge is 0.270 e. The Morgan fingerprint density at radius 3 is 2.45 bits per heavy atom. The number of amides is 2. The average molecular weight is 583 g/mol. The van der Waals surface area contributed by atoms with Crippen LogP contribution >= 0.6 is 23.1 Å². The zero-order valence-corrected chi connectivity index (χ0v) is 22.7. The van der Waals surface area contributed by atoms with E-state index in [1.165, 1.54) is 47.7 Å². The molecule has 0 radical (unpaired) electrons. The third-order valence-corrected chi connectivity index (χ3v) is 7.09. The molecule has 4 rings (SSSR count). The number of aromatic amines is 1. The lowest BCUT2D eigenvalue weighted by Crippen LogP contribution is -2.32. The highest BCUT2D eigenvalue weighted by Gasteiger charge is 2.24. The maximum absolute atomic E-state index is 12.8. The van der Waals surface area contributed by atoms with Crippen molar-refractivity contribution < 1.29 is 19.4 Å². The molecule has 0 saturated heterocycles. The fraction of sp³-hybridized carbons (Fsp3) is 0.208. The minimum atomic E-state index is -0.572. The summed E-state index contributed by atoms with van der Waals surface area (Å²) < 4.78 is 0. The number of nitrogens with zero attached hydrogens (tertiary/aromatic N) is 5. The quantitative estimate of drug-likeness (QED) is 0.127. The lowest BCUT2D eigenvalue weighted by atomic mass is 10.0. The Morgan fingerprint density at radius 2 is 1.75 bits per heavy atom. The molecule has 16 heteroatoms. The number of anilines is 1. The fourth-order valence-electron chi connectivity index (χ4n) is 3.53. The molecule has 0 aliphatic heterocycles. The van der Waals surface area contributed by atoms with Gasteiger partial charge in [0.1, 0.15) is 5.82 Å². The Kier molecular flexibility index (Phi) is 8.80. The largest absolute Gasteiger partial charge is 0.342 e. The minimum absolute atomic E-state index is 0.0184. The van der Waals surface area contributed by atoms with Crippen LogP contribution in [0.3, 0.4) is 0 Å². The molecule has 206 valence electrons. The molecule has 0 spiro atoms. The molecule has 0 bridgehead atoms. The Balaban J connectivity index is 1.34. The number of H-pyrrole nitrogens is 1. The molecule has 2 amide bonds. The van der Waals surface area contributed by atoms with Crippen LogP contribution in [-0.2, 0) is 4.79 Å². The standard InChI is InChI=1S/C24H22N8O6S2/c1-13(2)20(27-22(34)15-6-4-8-17(10-15)32(37)38)21-28-24(30-29-21)40-12-19(33)26-23-25-18(11-39-23)14-5-3-7-16(9-14)31(35)36/h3-11,13,20H,12H2,1-2H3,(H,27,34)(H,25,26,33)(H,28,29,30)/t20-/m0/s1. The molecule has 2 aromatic heterocycles. The van der Waals surface area contributed by atoms with Crippen LogP contribution < -0.4 is 10.6 Å². The molecule has 40 heavy (non-hydrogen) atoms. The fourth-order valence-corrected chi connectivity index (χ4v) is 4.87. The van der Waals surface area contributed by atoms with Crippen LogP contribution in [0.25, 0.3) is 11.3 Å². The molecule has 0 unspecified atom stereocenters. The Hall–Kier alpha value is -4.70. The van der Waals surface area contributed by atoms with Crippen LogP contribution in [0, 0.1) is 26.1 Å². The van der Waals surface area contributed by atoms with Crippen molar-refractivity contribution in [1.82, 2.24) is 25.5 Å². The van der Waals surface area contributed by atoms with Crippen molar-refractivity contribution in [3.8, 4) is 11.3 Å². The number of carbonyl (C=O) groups excluding carboxylic acids is 2. The van der Waals surface area contributed by atoms with Crippen LogP contribution in [0.1, 0.15) is 36.1 Å². The third-order valence-electron chi connectivity index (χ3n) is 5.48.